The van der Waals surface area contributed by atoms with Crippen LogP contribution in [0.5, 0.6) is 0 Å². The summed E-state index contributed by atoms with van der Waals surface area (Å²) in [7, 11) is 2.75. The van der Waals surface area contributed by atoms with Crippen LogP contribution in [0.15, 0.2) is 18.2 Å². The summed E-state index contributed by atoms with van der Waals surface area (Å²) in [6.07, 6.45) is 0.0220. The van der Waals surface area contributed by atoms with Gasteiger partial charge in [0.05, 0.1) is 30.7 Å². The Hall–Kier alpha value is -1.66. The summed E-state index contributed by atoms with van der Waals surface area (Å²) in [5.74, 6) is -1.77. The van der Waals surface area contributed by atoms with E-state index in [9.17, 15) is 14.0 Å². The zero-order valence-electron chi connectivity index (χ0n) is 11.9. The molecule has 0 saturated heterocycles. The van der Waals surface area contributed by atoms with Crippen molar-refractivity contribution in [2.24, 2.45) is 0 Å². The summed E-state index contributed by atoms with van der Waals surface area (Å²) in [4.78, 5) is 24.9. The molecule has 1 amide bonds. The summed E-state index contributed by atoms with van der Waals surface area (Å²) < 4.78 is 23.3. The second kappa shape index (κ2) is 8.59. The van der Waals surface area contributed by atoms with E-state index >= 15 is 0 Å². The van der Waals surface area contributed by atoms with Gasteiger partial charge >= 0.3 is 5.97 Å². The number of esters is 1. The Balaban J connectivity index is 2.88. The van der Waals surface area contributed by atoms with Crippen LogP contribution in [0.25, 0.3) is 0 Å². The standard InChI is InChI=1S/C14H17ClFNO4/c1-20-9-8-17(7-6-12(18)21-2)14(19)10-4-3-5-11(15)13(10)16/h3-5H,6-9H2,1-2H3. The molecular weight excluding hydrogens is 301 g/mol. The van der Waals surface area contributed by atoms with Crippen molar-refractivity contribution in [1.29, 1.82) is 0 Å². The lowest BCUT2D eigenvalue weighted by atomic mass is 10.1. The van der Waals surface area contributed by atoms with Gasteiger partial charge in [-0.2, -0.15) is 0 Å². The minimum absolute atomic E-state index is 0.0220. The minimum atomic E-state index is -0.773. The number of hydrogen-bond donors (Lipinski definition) is 0. The number of halogens is 2. The molecule has 5 nitrogen and oxygen atoms in total. The van der Waals surface area contributed by atoms with Gasteiger partial charge in [0, 0.05) is 20.2 Å². The zero-order chi connectivity index (χ0) is 15.8. The second-order valence-electron chi connectivity index (χ2n) is 4.21. The smallest absolute Gasteiger partial charge is 0.307 e. The molecule has 0 bridgehead atoms. The van der Waals surface area contributed by atoms with Crippen molar-refractivity contribution < 1.29 is 23.5 Å². The Morgan fingerprint density at radius 2 is 2.00 bits per heavy atom. The molecule has 0 unspecified atom stereocenters. The normalized spacial score (nSPS) is 10.3. The molecule has 0 aliphatic rings. The van der Waals surface area contributed by atoms with Crippen molar-refractivity contribution in [3.63, 3.8) is 0 Å². The van der Waals surface area contributed by atoms with Gasteiger partial charge < -0.3 is 14.4 Å². The Morgan fingerprint density at radius 1 is 1.29 bits per heavy atom. The number of benzene rings is 1. The maximum atomic E-state index is 13.9. The van der Waals surface area contributed by atoms with Crippen LogP contribution in [0.1, 0.15) is 16.8 Å². The van der Waals surface area contributed by atoms with E-state index in [-0.39, 0.29) is 36.7 Å². The highest BCUT2D eigenvalue weighted by molar-refractivity contribution is 6.31. The van der Waals surface area contributed by atoms with Crippen LogP contribution in [0, 0.1) is 5.82 Å². The van der Waals surface area contributed by atoms with E-state index < -0.39 is 17.7 Å². The number of rotatable bonds is 7. The van der Waals surface area contributed by atoms with Crippen LogP contribution >= 0.6 is 11.6 Å². The van der Waals surface area contributed by atoms with Gasteiger partial charge in [0.1, 0.15) is 0 Å². The molecule has 0 heterocycles. The van der Waals surface area contributed by atoms with E-state index in [0.717, 1.165) is 0 Å². The van der Waals surface area contributed by atoms with E-state index in [1.165, 1.54) is 37.3 Å². The monoisotopic (exact) mass is 317 g/mol. The molecule has 0 spiro atoms. The topological polar surface area (TPSA) is 55.8 Å². The SMILES string of the molecule is COCCN(CCC(=O)OC)C(=O)c1cccc(Cl)c1F. The van der Waals surface area contributed by atoms with Crippen LogP contribution < -0.4 is 0 Å². The average Bonchev–Trinajstić information content (AvgIpc) is 2.49. The molecule has 1 aromatic carbocycles. The summed E-state index contributed by atoms with van der Waals surface area (Å²) in [5, 5.41) is -0.125. The highest BCUT2D eigenvalue weighted by Gasteiger charge is 2.21. The fourth-order valence-electron chi connectivity index (χ4n) is 1.68. The molecule has 0 fully saturated rings. The fourth-order valence-corrected chi connectivity index (χ4v) is 1.86. The van der Waals surface area contributed by atoms with Crippen molar-refractivity contribution in [2.75, 3.05) is 33.9 Å². The van der Waals surface area contributed by atoms with Crippen molar-refractivity contribution in [3.05, 3.63) is 34.6 Å². The Morgan fingerprint density at radius 3 is 2.62 bits per heavy atom. The molecule has 0 aliphatic carbocycles. The third kappa shape index (κ3) is 4.99. The molecule has 0 radical (unpaired) electrons. The number of carbonyl (C=O) groups excluding carboxylic acids is 2. The molecule has 0 aromatic heterocycles. The van der Waals surface area contributed by atoms with Crippen molar-refractivity contribution in [2.45, 2.75) is 6.42 Å². The predicted octanol–water partition coefficient (Wildman–Crippen LogP) is 2.13. The quantitative estimate of drug-likeness (QED) is 0.723. The first kappa shape index (κ1) is 17.4. The number of nitrogens with zero attached hydrogens (tertiary/aromatic N) is 1. The van der Waals surface area contributed by atoms with Gasteiger partial charge in [-0.3, -0.25) is 9.59 Å². The van der Waals surface area contributed by atoms with Crippen LogP contribution in [-0.4, -0.2) is 50.7 Å². The van der Waals surface area contributed by atoms with Gasteiger partial charge in [0.25, 0.3) is 5.91 Å². The zero-order valence-corrected chi connectivity index (χ0v) is 12.7. The summed E-state index contributed by atoms with van der Waals surface area (Å²) in [5.41, 5.74) is -0.136. The molecule has 1 rings (SSSR count). The Kier molecular flexibility index (Phi) is 7.11. The molecule has 21 heavy (non-hydrogen) atoms. The van der Waals surface area contributed by atoms with Crippen LogP contribution in [-0.2, 0) is 14.3 Å². The Labute approximate surface area is 127 Å². The van der Waals surface area contributed by atoms with E-state index in [2.05, 4.69) is 4.74 Å². The molecule has 116 valence electrons. The Bertz CT molecular complexity index is 510. The molecule has 7 heteroatoms. The number of methoxy groups -OCH3 is 2. The molecule has 0 saturated carbocycles. The van der Waals surface area contributed by atoms with Crippen LogP contribution in [0.4, 0.5) is 4.39 Å². The van der Waals surface area contributed by atoms with Gasteiger partial charge in [0.2, 0.25) is 0 Å². The first-order valence-electron chi connectivity index (χ1n) is 6.30. The maximum absolute atomic E-state index is 13.9. The number of ether oxygens (including phenoxy) is 2. The van der Waals surface area contributed by atoms with E-state index in [0.29, 0.717) is 0 Å². The van der Waals surface area contributed by atoms with Gasteiger partial charge in [-0.05, 0) is 12.1 Å². The van der Waals surface area contributed by atoms with E-state index in [1.807, 2.05) is 0 Å². The first-order chi connectivity index (χ1) is 10.0. The molecule has 0 aliphatic heterocycles. The summed E-state index contributed by atoms with van der Waals surface area (Å²) >= 11 is 5.67. The van der Waals surface area contributed by atoms with E-state index in [1.54, 1.807) is 0 Å². The number of amides is 1. The lowest BCUT2D eigenvalue weighted by Crippen LogP contribution is -2.36. The highest BCUT2D eigenvalue weighted by Crippen LogP contribution is 2.19. The van der Waals surface area contributed by atoms with Crippen molar-refractivity contribution in [3.8, 4) is 0 Å². The number of hydrogen-bond acceptors (Lipinski definition) is 4. The first-order valence-corrected chi connectivity index (χ1v) is 6.68. The molecule has 1 aromatic rings. The lowest BCUT2D eigenvalue weighted by Gasteiger charge is -2.22. The molecular formula is C14H17ClFNO4. The third-order valence-corrected chi connectivity index (χ3v) is 3.14. The van der Waals surface area contributed by atoms with Gasteiger partial charge in [0.15, 0.2) is 5.82 Å². The van der Waals surface area contributed by atoms with Crippen molar-refractivity contribution in [1.82, 2.24) is 4.90 Å². The number of carbonyl (C=O) groups is 2. The third-order valence-electron chi connectivity index (χ3n) is 2.85. The molecule has 0 N–H and O–H groups in total. The largest absolute Gasteiger partial charge is 0.469 e. The summed E-state index contributed by atoms with van der Waals surface area (Å²) in [6.45, 7) is 0.619. The second-order valence-corrected chi connectivity index (χ2v) is 4.62. The minimum Gasteiger partial charge on any atom is -0.469 e. The fraction of sp³-hybridized carbons (Fsp3) is 0.429. The van der Waals surface area contributed by atoms with Crippen LogP contribution in [0.3, 0.4) is 0 Å². The van der Waals surface area contributed by atoms with Crippen molar-refractivity contribution >= 4 is 23.5 Å². The highest BCUT2D eigenvalue weighted by atomic mass is 35.5. The van der Waals surface area contributed by atoms with Gasteiger partial charge in [-0.25, -0.2) is 4.39 Å². The molecule has 0 atom stereocenters. The summed E-state index contributed by atoms with van der Waals surface area (Å²) in [6, 6.07) is 4.20. The van der Waals surface area contributed by atoms with Crippen LogP contribution in [0.2, 0.25) is 5.02 Å². The van der Waals surface area contributed by atoms with E-state index in [4.69, 9.17) is 16.3 Å². The predicted molar refractivity (Wildman–Crippen MR) is 75.8 cm³/mol. The maximum Gasteiger partial charge on any atom is 0.307 e. The lowest BCUT2D eigenvalue weighted by molar-refractivity contribution is -0.140. The average molecular weight is 318 g/mol. The van der Waals surface area contributed by atoms with Gasteiger partial charge in [-0.1, -0.05) is 17.7 Å². The van der Waals surface area contributed by atoms with Gasteiger partial charge in [-0.15, -0.1) is 0 Å².